The van der Waals surface area contributed by atoms with Gasteiger partial charge in [-0.1, -0.05) is 0 Å². The molecule has 0 radical (unpaired) electrons. The highest BCUT2D eigenvalue weighted by atomic mass is 32.2. The van der Waals surface area contributed by atoms with Crippen LogP contribution in [0.1, 0.15) is 22.5 Å². The van der Waals surface area contributed by atoms with E-state index in [2.05, 4.69) is 10.3 Å². The van der Waals surface area contributed by atoms with Gasteiger partial charge in [0, 0.05) is 18.5 Å². The van der Waals surface area contributed by atoms with Crippen LogP contribution in [-0.2, 0) is 9.84 Å². The van der Waals surface area contributed by atoms with Crippen LogP contribution in [0.5, 0.6) is 0 Å². The van der Waals surface area contributed by atoms with E-state index in [9.17, 15) is 13.2 Å². The van der Waals surface area contributed by atoms with Gasteiger partial charge in [-0.05, 0) is 25.5 Å². The van der Waals surface area contributed by atoms with E-state index in [0.717, 1.165) is 0 Å². The number of pyridine rings is 1. The van der Waals surface area contributed by atoms with Crippen molar-refractivity contribution in [3.63, 3.8) is 0 Å². The van der Waals surface area contributed by atoms with Gasteiger partial charge in [-0.15, -0.1) is 0 Å². The molecule has 0 atom stereocenters. The Labute approximate surface area is 106 Å². The molecule has 18 heavy (non-hydrogen) atoms. The van der Waals surface area contributed by atoms with E-state index in [1.165, 1.54) is 18.4 Å². The summed E-state index contributed by atoms with van der Waals surface area (Å²) < 4.78 is 21.8. The number of anilines is 1. The van der Waals surface area contributed by atoms with Gasteiger partial charge >= 0.3 is 5.97 Å². The van der Waals surface area contributed by atoms with Crippen molar-refractivity contribution in [2.75, 3.05) is 23.9 Å². The van der Waals surface area contributed by atoms with Crippen LogP contribution in [0, 0.1) is 6.92 Å². The van der Waals surface area contributed by atoms with Crippen LogP contribution in [0.25, 0.3) is 0 Å². The van der Waals surface area contributed by atoms with Gasteiger partial charge in [0.15, 0.2) is 0 Å². The summed E-state index contributed by atoms with van der Waals surface area (Å²) >= 11 is 0. The molecular weight excluding hydrogens is 256 g/mol. The Morgan fingerprint density at radius 1 is 1.44 bits per heavy atom. The molecule has 0 spiro atoms. The number of carboxylic acid groups (broad SMARTS) is 1. The molecule has 0 aliphatic heterocycles. The largest absolute Gasteiger partial charge is 0.478 e. The number of aromatic carboxylic acids is 1. The highest BCUT2D eigenvalue weighted by Gasteiger charge is 2.07. The molecule has 2 N–H and O–H groups in total. The molecule has 1 rings (SSSR count). The molecule has 1 heterocycles. The lowest BCUT2D eigenvalue weighted by atomic mass is 10.2. The van der Waals surface area contributed by atoms with Gasteiger partial charge in [0.1, 0.15) is 15.7 Å². The molecule has 0 unspecified atom stereocenters. The topological polar surface area (TPSA) is 96.4 Å². The Morgan fingerprint density at radius 3 is 2.67 bits per heavy atom. The van der Waals surface area contributed by atoms with Crippen molar-refractivity contribution in [2.24, 2.45) is 0 Å². The normalized spacial score (nSPS) is 11.2. The zero-order valence-electron chi connectivity index (χ0n) is 10.3. The first-order chi connectivity index (χ1) is 8.28. The quantitative estimate of drug-likeness (QED) is 0.748. The lowest BCUT2D eigenvalue weighted by Gasteiger charge is -2.07. The number of rotatable bonds is 6. The number of carboxylic acids is 1. The van der Waals surface area contributed by atoms with Crippen LogP contribution in [0.15, 0.2) is 12.1 Å². The fraction of sp³-hybridized carbons (Fsp3) is 0.455. The molecule has 0 fully saturated rings. The molecule has 0 aromatic carbocycles. The van der Waals surface area contributed by atoms with Crippen molar-refractivity contribution in [3.05, 3.63) is 23.4 Å². The van der Waals surface area contributed by atoms with E-state index in [1.807, 2.05) is 0 Å². The molecule has 0 amide bonds. The van der Waals surface area contributed by atoms with Gasteiger partial charge in [-0.2, -0.15) is 0 Å². The molecule has 0 aliphatic rings. The summed E-state index contributed by atoms with van der Waals surface area (Å²) in [7, 11) is -2.96. The fourth-order valence-corrected chi connectivity index (χ4v) is 2.10. The first-order valence-corrected chi connectivity index (χ1v) is 7.47. The minimum absolute atomic E-state index is 0.0948. The molecule has 1 aromatic heterocycles. The summed E-state index contributed by atoms with van der Waals surface area (Å²) in [5.74, 6) is -0.474. The van der Waals surface area contributed by atoms with Gasteiger partial charge in [0.2, 0.25) is 0 Å². The lowest BCUT2D eigenvalue weighted by molar-refractivity contribution is 0.0696. The molecule has 0 saturated heterocycles. The summed E-state index contributed by atoms with van der Waals surface area (Å²) in [5, 5.41) is 11.8. The van der Waals surface area contributed by atoms with Gasteiger partial charge < -0.3 is 10.4 Å². The number of aryl methyl sites for hydroxylation is 1. The second-order valence-electron chi connectivity index (χ2n) is 4.10. The molecule has 100 valence electrons. The third-order valence-electron chi connectivity index (χ3n) is 2.20. The Hall–Kier alpha value is -1.63. The van der Waals surface area contributed by atoms with Crippen molar-refractivity contribution >= 4 is 21.6 Å². The minimum atomic E-state index is -2.96. The Bertz CT molecular complexity index is 540. The van der Waals surface area contributed by atoms with Crippen LogP contribution < -0.4 is 5.32 Å². The first kappa shape index (κ1) is 14.4. The highest BCUT2D eigenvalue weighted by molar-refractivity contribution is 7.90. The van der Waals surface area contributed by atoms with Crippen molar-refractivity contribution < 1.29 is 18.3 Å². The van der Waals surface area contributed by atoms with E-state index < -0.39 is 15.8 Å². The van der Waals surface area contributed by atoms with Crippen molar-refractivity contribution in [2.45, 2.75) is 13.3 Å². The fourth-order valence-electron chi connectivity index (χ4n) is 1.43. The molecular formula is C11H16N2O4S. The van der Waals surface area contributed by atoms with Gasteiger partial charge in [0.25, 0.3) is 0 Å². The van der Waals surface area contributed by atoms with Crippen molar-refractivity contribution in [1.29, 1.82) is 0 Å². The molecule has 1 aromatic rings. The van der Waals surface area contributed by atoms with Crippen LogP contribution in [0.2, 0.25) is 0 Å². The average Bonchev–Trinajstić information content (AvgIpc) is 2.22. The van der Waals surface area contributed by atoms with Crippen LogP contribution in [0.4, 0.5) is 5.82 Å². The zero-order chi connectivity index (χ0) is 13.8. The summed E-state index contributed by atoms with van der Waals surface area (Å²) in [4.78, 5) is 15.0. The monoisotopic (exact) mass is 272 g/mol. The number of nitrogens with zero attached hydrogens (tertiary/aromatic N) is 1. The number of hydrogen-bond acceptors (Lipinski definition) is 5. The second kappa shape index (κ2) is 5.81. The van der Waals surface area contributed by atoms with Gasteiger partial charge in [0.05, 0.1) is 11.3 Å². The number of hydrogen-bond donors (Lipinski definition) is 2. The Kier molecular flexibility index (Phi) is 4.66. The summed E-state index contributed by atoms with van der Waals surface area (Å²) in [6, 6.07) is 2.90. The summed E-state index contributed by atoms with van der Waals surface area (Å²) in [6.45, 7) is 2.14. The van der Waals surface area contributed by atoms with Gasteiger partial charge in [-0.3, -0.25) is 0 Å². The maximum atomic E-state index is 10.9. The number of nitrogens with one attached hydrogen (secondary N) is 1. The molecule has 7 heteroatoms. The molecule has 0 saturated carbocycles. The summed E-state index contributed by atoms with van der Waals surface area (Å²) in [5.41, 5.74) is 0.758. The molecule has 0 aliphatic carbocycles. The van der Waals surface area contributed by atoms with E-state index >= 15 is 0 Å². The highest BCUT2D eigenvalue weighted by Crippen LogP contribution is 2.10. The van der Waals surface area contributed by atoms with E-state index in [1.54, 1.807) is 6.92 Å². The third kappa shape index (κ3) is 5.13. The van der Waals surface area contributed by atoms with Crippen LogP contribution in [0.3, 0.4) is 0 Å². The second-order valence-corrected chi connectivity index (χ2v) is 6.36. The lowest BCUT2D eigenvalue weighted by Crippen LogP contribution is -2.11. The average molecular weight is 272 g/mol. The first-order valence-electron chi connectivity index (χ1n) is 5.41. The minimum Gasteiger partial charge on any atom is -0.478 e. The van der Waals surface area contributed by atoms with Crippen LogP contribution >= 0.6 is 0 Å². The van der Waals surface area contributed by atoms with E-state index in [4.69, 9.17) is 5.11 Å². The maximum Gasteiger partial charge on any atom is 0.335 e. The Balaban J connectivity index is 2.60. The predicted octanol–water partition coefficient (Wildman–Crippen LogP) is 0.935. The third-order valence-corrected chi connectivity index (χ3v) is 3.23. The summed E-state index contributed by atoms with van der Waals surface area (Å²) in [6.07, 6.45) is 1.64. The molecule has 6 nitrogen and oxygen atoms in total. The van der Waals surface area contributed by atoms with E-state index in [0.29, 0.717) is 24.5 Å². The number of carbonyl (C=O) groups is 1. The van der Waals surface area contributed by atoms with Crippen LogP contribution in [-0.4, -0.2) is 43.0 Å². The maximum absolute atomic E-state index is 10.9. The zero-order valence-corrected chi connectivity index (χ0v) is 11.1. The van der Waals surface area contributed by atoms with E-state index in [-0.39, 0.29) is 11.3 Å². The SMILES string of the molecule is Cc1cc(C(=O)O)cc(NCCCS(C)(=O)=O)n1. The molecule has 0 bridgehead atoms. The van der Waals surface area contributed by atoms with Crippen molar-refractivity contribution in [3.8, 4) is 0 Å². The standard InChI is InChI=1S/C11H16N2O4S/c1-8-6-9(11(14)15)7-10(13-8)12-4-3-5-18(2,16)17/h6-7H,3-5H2,1-2H3,(H,12,13)(H,14,15). The smallest absolute Gasteiger partial charge is 0.335 e. The van der Waals surface area contributed by atoms with Gasteiger partial charge in [-0.25, -0.2) is 18.2 Å². The number of sulfone groups is 1. The van der Waals surface area contributed by atoms with Crippen molar-refractivity contribution in [1.82, 2.24) is 4.98 Å². The number of aromatic nitrogens is 1. The predicted molar refractivity (Wildman–Crippen MR) is 68.8 cm³/mol. The Morgan fingerprint density at radius 2 is 2.11 bits per heavy atom.